The third-order valence-corrected chi connectivity index (χ3v) is 5.44. The Labute approximate surface area is 172 Å². The normalized spacial score (nSPS) is 15.3. The molecular weight excluding hydrogens is 386 g/mol. The fourth-order valence-corrected chi connectivity index (χ4v) is 3.80. The molecule has 1 fully saturated rings. The van der Waals surface area contributed by atoms with Gasteiger partial charge in [0.15, 0.2) is 5.78 Å². The van der Waals surface area contributed by atoms with E-state index in [1.807, 2.05) is 42.5 Å². The van der Waals surface area contributed by atoms with E-state index in [-0.39, 0.29) is 23.5 Å². The molecule has 3 aromatic rings. The molecular formula is C23H17NO4S. The first-order valence-electron chi connectivity index (χ1n) is 9.02. The molecule has 4 rings (SSSR count). The summed E-state index contributed by atoms with van der Waals surface area (Å²) in [5.41, 5.74) is 2.35. The summed E-state index contributed by atoms with van der Waals surface area (Å²) in [7, 11) is 0. The van der Waals surface area contributed by atoms with Crippen molar-refractivity contribution in [2.24, 2.45) is 0 Å². The molecule has 0 radical (unpaired) electrons. The molecule has 0 bridgehead atoms. The summed E-state index contributed by atoms with van der Waals surface area (Å²) < 4.78 is 5.81. The molecule has 0 unspecified atom stereocenters. The highest BCUT2D eigenvalue weighted by atomic mass is 32.2. The van der Waals surface area contributed by atoms with Crippen LogP contribution in [0.1, 0.15) is 28.6 Å². The first-order valence-corrected chi connectivity index (χ1v) is 9.83. The minimum Gasteiger partial charge on any atom is -0.457 e. The van der Waals surface area contributed by atoms with Crippen LogP contribution in [-0.2, 0) is 11.3 Å². The number of benzene rings is 2. The Morgan fingerprint density at radius 3 is 2.41 bits per heavy atom. The summed E-state index contributed by atoms with van der Waals surface area (Å²) in [6.07, 6.45) is 1.59. The molecule has 0 spiro atoms. The average molecular weight is 403 g/mol. The van der Waals surface area contributed by atoms with Crippen molar-refractivity contribution in [2.75, 3.05) is 0 Å². The van der Waals surface area contributed by atoms with Crippen molar-refractivity contribution in [2.45, 2.75) is 13.5 Å². The Morgan fingerprint density at radius 1 is 1.00 bits per heavy atom. The third kappa shape index (κ3) is 4.07. The van der Waals surface area contributed by atoms with Gasteiger partial charge < -0.3 is 4.42 Å². The molecule has 5 nitrogen and oxygen atoms in total. The molecule has 0 saturated carbocycles. The van der Waals surface area contributed by atoms with Gasteiger partial charge in [-0.15, -0.1) is 0 Å². The molecule has 1 saturated heterocycles. The van der Waals surface area contributed by atoms with Gasteiger partial charge in [0.05, 0.1) is 11.4 Å². The standard InChI is InChI=1S/C23H17NO4S/c1-15(25)17-7-9-18(10-8-17)20-12-11-19(28-20)13-21-22(26)24(23(27)29-21)14-16-5-3-2-4-6-16/h2-13H,14H2,1H3. The number of hydrogen-bond acceptors (Lipinski definition) is 5. The Balaban J connectivity index is 1.52. The maximum absolute atomic E-state index is 12.6. The van der Waals surface area contributed by atoms with Crippen LogP contribution in [0.5, 0.6) is 0 Å². The highest BCUT2D eigenvalue weighted by Gasteiger charge is 2.35. The Bertz CT molecular complexity index is 1110. The number of furan rings is 1. The highest BCUT2D eigenvalue weighted by molar-refractivity contribution is 8.18. The van der Waals surface area contributed by atoms with Crippen LogP contribution >= 0.6 is 11.8 Å². The van der Waals surface area contributed by atoms with E-state index in [9.17, 15) is 14.4 Å². The molecule has 1 aliphatic heterocycles. The van der Waals surface area contributed by atoms with Crippen LogP contribution in [0.4, 0.5) is 4.79 Å². The Hall–Kier alpha value is -3.38. The van der Waals surface area contributed by atoms with Gasteiger partial charge in [0.2, 0.25) is 0 Å². The lowest BCUT2D eigenvalue weighted by Gasteiger charge is -2.11. The van der Waals surface area contributed by atoms with Gasteiger partial charge in [0.1, 0.15) is 11.5 Å². The van der Waals surface area contributed by atoms with E-state index < -0.39 is 0 Å². The quantitative estimate of drug-likeness (QED) is 0.422. The average Bonchev–Trinajstić information content (AvgIpc) is 3.29. The van der Waals surface area contributed by atoms with Crippen LogP contribution in [0.3, 0.4) is 0 Å². The molecule has 2 amide bonds. The second-order valence-electron chi connectivity index (χ2n) is 6.59. The number of imide groups is 1. The minimum atomic E-state index is -0.326. The fraction of sp³-hybridized carbons (Fsp3) is 0.0870. The lowest BCUT2D eigenvalue weighted by molar-refractivity contribution is -0.123. The number of nitrogens with zero attached hydrogens (tertiary/aromatic N) is 1. The van der Waals surface area contributed by atoms with Gasteiger partial charge in [-0.25, -0.2) is 0 Å². The van der Waals surface area contributed by atoms with Gasteiger partial charge >= 0.3 is 0 Å². The zero-order valence-electron chi connectivity index (χ0n) is 15.6. The van der Waals surface area contributed by atoms with Gasteiger partial charge in [-0.2, -0.15) is 0 Å². The second-order valence-corrected chi connectivity index (χ2v) is 7.58. The van der Waals surface area contributed by atoms with Gasteiger partial charge in [-0.3, -0.25) is 19.3 Å². The van der Waals surface area contributed by atoms with Crippen molar-refractivity contribution in [3.05, 3.63) is 88.5 Å². The zero-order chi connectivity index (χ0) is 20.4. The second kappa shape index (κ2) is 7.93. The van der Waals surface area contributed by atoms with Crippen LogP contribution in [0, 0.1) is 0 Å². The van der Waals surface area contributed by atoms with E-state index in [2.05, 4.69) is 0 Å². The summed E-state index contributed by atoms with van der Waals surface area (Å²) in [6.45, 7) is 1.76. The number of ketones is 1. The van der Waals surface area contributed by atoms with E-state index in [1.165, 1.54) is 11.8 Å². The van der Waals surface area contributed by atoms with Gasteiger partial charge in [-0.1, -0.05) is 54.6 Å². The van der Waals surface area contributed by atoms with Crippen LogP contribution < -0.4 is 0 Å². The Morgan fingerprint density at radius 2 is 1.72 bits per heavy atom. The van der Waals surface area contributed by atoms with Gasteiger partial charge in [0, 0.05) is 17.2 Å². The lowest BCUT2D eigenvalue weighted by atomic mass is 10.1. The van der Waals surface area contributed by atoms with Crippen LogP contribution in [0.15, 0.2) is 76.1 Å². The molecule has 0 N–H and O–H groups in total. The molecule has 0 aliphatic carbocycles. The predicted molar refractivity (Wildman–Crippen MR) is 112 cm³/mol. The summed E-state index contributed by atoms with van der Waals surface area (Å²) in [5, 5.41) is -0.295. The van der Waals surface area contributed by atoms with Crippen LogP contribution in [0.25, 0.3) is 17.4 Å². The van der Waals surface area contributed by atoms with E-state index in [0.717, 1.165) is 22.9 Å². The summed E-state index contributed by atoms with van der Waals surface area (Å²) in [5.74, 6) is 0.784. The molecule has 1 aromatic heterocycles. The van der Waals surface area contributed by atoms with E-state index in [0.29, 0.717) is 22.0 Å². The SMILES string of the molecule is CC(=O)c1ccc(-c2ccc(C=C3SC(=O)N(Cc4ccccc4)C3=O)o2)cc1. The van der Waals surface area contributed by atoms with Crippen molar-refractivity contribution >= 4 is 34.8 Å². The van der Waals surface area contributed by atoms with Crippen LogP contribution in [0.2, 0.25) is 0 Å². The van der Waals surface area contributed by atoms with E-state index in [1.54, 1.807) is 30.3 Å². The van der Waals surface area contributed by atoms with Crippen LogP contribution in [-0.4, -0.2) is 21.8 Å². The zero-order valence-corrected chi connectivity index (χ0v) is 16.4. The fourth-order valence-electron chi connectivity index (χ4n) is 2.99. The van der Waals surface area contributed by atoms with E-state index >= 15 is 0 Å². The molecule has 144 valence electrons. The number of amides is 2. The maximum atomic E-state index is 12.6. The topological polar surface area (TPSA) is 67.6 Å². The van der Waals surface area contributed by atoms with Crippen molar-refractivity contribution in [1.82, 2.24) is 4.90 Å². The number of hydrogen-bond donors (Lipinski definition) is 0. The summed E-state index contributed by atoms with van der Waals surface area (Å²) in [4.78, 5) is 37.9. The van der Waals surface area contributed by atoms with Crippen molar-refractivity contribution in [3.8, 4) is 11.3 Å². The number of thioether (sulfide) groups is 1. The van der Waals surface area contributed by atoms with Crippen molar-refractivity contribution in [3.63, 3.8) is 0 Å². The molecule has 29 heavy (non-hydrogen) atoms. The first-order chi connectivity index (χ1) is 14.0. The maximum Gasteiger partial charge on any atom is 0.293 e. The molecule has 1 aliphatic rings. The van der Waals surface area contributed by atoms with Gasteiger partial charge in [0.25, 0.3) is 11.1 Å². The number of rotatable bonds is 5. The first kappa shape index (κ1) is 19.0. The minimum absolute atomic E-state index is 0.00270. The van der Waals surface area contributed by atoms with Gasteiger partial charge in [-0.05, 0) is 36.4 Å². The molecule has 6 heteroatoms. The number of carbonyl (C=O) groups excluding carboxylic acids is 3. The number of carbonyl (C=O) groups is 3. The molecule has 2 heterocycles. The van der Waals surface area contributed by atoms with Crippen molar-refractivity contribution < 1.29 is 18.8 Å². The Kier molecular flexibility index (Phi) is 5.18. The monoisotopic (exact) mass is 403 g/mol. The largest absolute Gasteiger partial charge is 0.457 e. The molecule has 2 aromatic carbocycles. The predicted octanol–water partition coefficient (Wildman–Crippen LogP) is 5.39. The smallest absolute Gasteiger partial charge is 0.293 e. The summed E-state index contributed by atoms with van der Waals surface area (Å²) in [6, 6.07) is 20.0. The third-order valence-electron chi connectivity index (χ3n) is 4.53. The number of Topliss-reactive ketones (excluding diaryl/α,β-unsaturated/α-hetero) is 1. The highest BCUT2D eigenvalue weighted by Crippen LogP contribution is 2.34. The van der Waals surface area contributed by atoms with Crippen molar-refractivity contribution in [1.29, 1.82) is 0 Å². The lowest BCUT2D eigenvalue weighted by Crippen LogP contribution is -2.27. The van der Waals surface area contributed by atoms with E-state index in [4.69, 9.17) is 4.42 Å². The summed E-state index contributed by atoms with van der Waals surface area (Å²) >= 11 is 0.907. The molecule has 0 atom stereocenters.